The molecule has 1 aromatic carbocycles. The zero-order valence-corrected chi connectivity index (χ0v) is 18.4. The Morgan fingerprint density at radius 1 is 1.36 bits per heavy atom. The van der Waals surface area contributed by atoms with E-state index in [1.807, 2.05) is 18.2 Å². The molecule has 2 N–H and O–H groups in total. The van der Waals surface area contributed by atoms with Crippen molar-refractivity contribution < 1.29 is 14.3 Å². The number of carbonyl (C=O) groups is 1. The SMILES string of the molecule is CCCCC(CC)COC(=O)CCSc1ccc(OC)c(/C(C=N)=C/NC)c1. The number of esters is 1. The van der Waals surface area contributed by atoms with Crippen molar-refractivity contribution in [1.82, 2.24) is 5.32 Å². The van der Waals surface area contributed by atoms with Gasteiger partial charge in [-0.2, -0.15) is 0 Å². The molecule has 1 aromatic rings. The molecule has 28 heavy (non-hydrogen) atoms. The van der Waals surface area contributed by atoms with E-state index in [2.05, 4.69) is 19.2 Å². The molecule has 0 fully saturated rings. The second kappa shape index (κ2) is 14.1. The van der Waals surface area contributed by atoms with Gasteiger partial charge in [-0.15, -0.1) is 11.8 Å². The smallest absolute Gasteiger partial charge is 0.306 e. The van der Waals surface area contributed by atoms with Crippen molar-refractivity contribution in [2.75, 3.05) is 26.5 Å². The van der Waals surface area contributed by atoms with Gasteiger partial charge in [-0.3, -0.25) is 4.79 Å². The second-order valence-electron chi connectivity index (χ2n) is 6.59. The summed E-state index contributed by atoms with van der Waals surface area (Å²) < 4.78 is 10.9. The summed E-state index contributed by atoms with van der Waals surface area (Å²) >= 11 is 1.60. The summed E-state index contributed by atoms with van der Waals surface area (Å²) in [4.78, 5) is 13.1. The van der Waals surface area contributed by atoms with E-state index in [0.717, 1.165) is 28.9 Å². The number of hydrogen-bond acceptors (Lipinski definition) is 6. The molecule has 0 bridgehead atoms. The Kier molecular flexibility index (Phi) is 12.1. The fourth-order valence-corrected chi connectivity index (χ4v) is 3.66. The van der Waals surface area contributed by atoms with Crippen LogP contribution in [0.15, 0.2) is 29.3 Å². The highest BCUT2D eigenvalue weighted by Crippen LogP contribution is 2.30. The molecule has 5 nitrogen and oxygen atoms in total. The normalized spacial score (nSPS) is 12.4. The van der Waals surface area contributed by atoms with E-state index < -0.39 is 0 Å². The summed E-state index contributed by atoms with van der Waals surface area (Å²) in [5.74, 6) is 1.71. The van der Waals surface area contributed by atoms with Crippen LogP contribution < -0.4 is 10.1 Å². The molecule has 0 saturated carbocycles. The van der Waals surface area contributed by atoms with Crippen molar-refractivity contribution in [3.63, 3.8) is 0 Å². The maximum Gasteiger partial charge on any atom is 0.306 e. The molecule has 0 aliphatic carbocycles. The Balaban J connectivity index is 2.57. The van der Waals surface area contributed by atoms with Gasteiger partial charge in [0.2, 0.25) is 0 Å². The van der Waals surface area contributed by atoms with Crippen molar-refractivity contribution in [2.24, 2.45) is 5.92 Å². The molecule has 0 heterocycles. The van der Waals surface area contributed by atoms with Crippen LogP contribution in [0.25, 0.3) is 5.57 Å². The van der Waals surface area contributed by atoms with E-state index in [4.69, 9.17) is 14.9 Å². The highest BCUT2D eigenvalue weighted by Gasteiger charge is 2.12. The van der Waals surface area contributed by atoms with Crippen LogP contribution in [0.5, 0.6) is 5.75 Å². The number of rotatable bonds is 14. The van der Waals surface area contributed by atoms with Crippen LogP contribution in [-0.4, -0.2) is 38.7 Å². The van der Waals surface area contributed by atoms with Gasteiger partial charge in [-0.1, -0.05) is 33.1 Å². The van der Waals surface area contributed by atoms with E-state index in [9.17, 15) is 4.79 Å². The predicted molar refractivity (Wildman–Crippen MR) is 118 cm³/mol. The zero-order valence-electron chi connectivity index (χ0n) is 17.5. The van der Waals surface area contributed by atoms with E-state index in [0.29, 0.717) is 30.4 Å². The maximum absolute atomic E-state index is 12.0. The fraction of sp³-hybridized carbons (Fsp3) is 0.545. The lowest BCUT2D eigenvalue weighted by molar-refractivity contribution is -0.144. The molecule has 6 heteroatoms. The summed E-state index contributed by atoms with van der Waals surface area (Å²) in [5.41, 5.74) is 1.58. The molecule has 0 amide bonds. The van der Waals surface area contributed by atoms with Crippen molar-refractivity contribution >= 4 is 29.5 Å². The number of benzene rings is 1. The van der Waals surface area contributed by atoms with Gasteiger partial charge in [0.1, 0.15) is 5.75 Å². The monoisotopic (exact) mass is 406 g/mol. The number of unbranched alkanes of at least 4 members (excludes halogenated alkanes) is 1. The first-order valence-corrected chi connectivity index (χ1v) is 10.9. The van der Waals surface area contributed by atoms with Crippen molar-refractivity contribution in [3.8, 4) is 5.75 Å². The molecule has 0 aliphatic heterocycles. The third-order valence-corrected chi connectivity index (χ3v) is 5.53. The van der Waals surface area contributed by atoms with Crippen LogP contribution in [0.3, 0.4) is 0 Å². The van der Waals surface area contributed by atoms with Crippen molar-refractivity contribution in [1.29, 1.82) is 5.41 Å². The average Bonchev–Trinajstić information content (AvgIpc) is 2.72. The van der Waals surface area contributed by atoms with Gasteiger partial charge in [0.25, 0.3) is 0 Å². The lowest BCUT2D eigenvalue weighted by Crippen LogP contribution is -2.14. The van der Waals surface area contributed by atoms with Crippen LogP contribution in [0.1, 0.15) is 51.5 Å². The summed E-state index contributed by atoms with van der Waals surface area (Å²) in [5, 5.41) is 10.6. The Morgan fingerprint density at radius 3 is 2.75 bits per heavy atom. The maximum atomic E-state index is 12.0. The highest BCUT2D eigenvalue weighted by atomic mass is 32.2. The van der Waals surface area contributed by atoms with Gasteiger partial charge in [-0.25, -0.2) is 0 Å². The average molecular weight is 407 g/mol. The highest BCUT2D eigenvalue weighted by molar-refractivity contribution is 7.99. The Labute approximate surface area is 173 Å². The molecule has 0 radical (unpaired) electrons. The summed E-state index contributed by atoms with van der Waals surface area (Å²) in [6.07, 6.45) is 7.98. The molecular formula is C22H34N2O3S. The molecule has 0 spiro atoms. The molecule has 1 unspecified atom stereocenters. The first kappa shape index (κ1) is 24.1. The molecule has 0 aliphatic rings. The van der Waals surface area contributed by atoms with E-state index in [-0.39, 0.29) is 5.97 Å². The summed E-state index contributed by atoms with van der Waals surface area (Å²) in [7, 11) is 3.41. The van der Waals surface area contributed by atoms with Gasteiger partial charge in [0.15, 0.2) is 0 Å². The van der Waals surface area contributed by atoms with Gasteiger partial charge in [0, 0.05) is 41.2 Å². The van der Waals surface area contributed by atoms with Gasteiger partial charge in [-0.05, 0) is 30.5 Å². The van der Waals surface area contributed by atoms with Gasteiger partial charge in [0.05, 0.1) is 20.1 Å². The number of hydrogen-bond donors (Lipinski definition) is 2. The number of carbonyl (C=O) groups excluding carboxylic acids is 1. The van der Waals surface area contributed by atoms with Crippen LogP contribution >= 0.6 is 11.8 Å². The Bertz CT molecular complexity index is 647. The lowest BCUT2D eigenvalue weighted by atomic mass is 10.0. The minimum absolute atomic E-state index is 0.133. The van der Waals surface area contributed by atoms with Crippen LogP contribution in [-0.2, 0) is 9.53 Å². The quantitative estimate of drug-likeness (QED) is 0.254. The number of thioether (sulfide) groups is 1. The summed E-state index contributed by atoms with van der Waals surface area (Å²) in [6.45, 7) is 4.86. The third kappa shape index (κ3) is 8.38. The Morgan fingerprint density at radius 2 is 2.14 bits per heavy atom. The number of nitrogens with one attached hydrogen (secondary N) is 2. The van der Waals surface area contributed by atoms with Gasteiger partial charge < -0.3 is 20.2 Å². The van der Waals surface area contributed by atoms with Crippen molar-refractivity contribution in [3.05, 3.63) is 30.0 Å². The van der Waals surface area contributed by atoms with Crippen molar-refractivity contribution in [2.45, 2.75) is 50.8 Å². The van der Waals surface area contributed by atoms with E-state index in [1.165, 1.54) is 19.1 Å². The molecule has 1 atom stereocenters. The molecular weight excluding hydrogens is 372 g/mol. The third-order valence-electron chi connectivity index (χ3n) is 4.54. The predicted octanol–water partition coefficient (Wildman–Crippen LogP) is 5.15. The second-order valence-corrected chi connectivity index (χ2v) is 7.76. The minimum atomic E-state index is -0.133. The number of methoxy groups -OCH3 is 1. The van der Waals surface area contributed by atoms with E-state index in [1.54, 1.807) is 32.1 Å². The molecule has 1 rings (SSSR count). The standard InChI is InChI=1S/C22H34N2O3S/c1-5-7-8-17(6-2)16-27-22(25)11-12-28-19-9-10-21(26-4)20(13-19)18(14-23)15-24-3/h9-10,13-15,17,23-24H,5-8,11-12,16H2,1-4H3/b18-15+,23-14?. The molecule has 0 aromatic heterocycles. The first-order valence-electron chi connectivity index (χ1n) is 9.94. The zero-order chi connectivity index (χ0) is 20.8. The minimum Gasteiger partial charge on any atom is -0.496 e. The molecule has 0 saturated heterocycles. The lowest BCUT2D eigenvalue weighted by Gasteiger charge is -2.14. The number of allylic oxidation sites excluding steroid dienone is 1. The molecule has 156 valence electrons. The van der Waals surface area contributed by atoms with Gasteiger partial charge >= 0.3 is 5.97 Å². The van der Waals surface area contributed by atoms with Crippen LogP contribution in [0.4, 0.5) is 0 Å². The first-order chi connectivity index (χ1) is 13.6. The van der Waals surface area contributed by atoms with E-state index >= 15 is 0 Å². The largest absolute Gasteiger partial charge is 0.496 e. The summed E-state index contributed by atoms with van der Waals surface area (Å²) in [6, 6.07) is 5.85. The Hall–Kier alpha value is -1.95. The van der Waals surface area contributed by atoms with Crippen LogP contribution in [0.2, 0.25) is 0 Å². The van der Waals surface area contributed by atoms with Crippen LogP contribution in [0, 0.1) is 11.3 Å². The fourth-order valence-electron chi connectivity index (χ4n) is 2.79. The topological polar surface area (TPSA) is 71.4 Å². The number of ether oxygens (including phenoxy) is 2.